The second-order valence-corrected chi connectivity index (χ2v) is 8.01. The van der Waals surface area contributed by atoms with E-state index in [0.29, 0.717) is 0 Å². The van der Waals surface area contributed by atoms with Gasteiger partial charge in [-0.1, -0.05) is 12.1 Å². The molecule has 3 rings (SSSR count). The third-order valence-electron chi connectivity index (χ3n) is 4.33. The summed E-state index contributed by atoms with van der Waals surface area (Å²) in [7, 11) is -3.12. The molecule has 0 radical (unpaired) electrons. The molecule has 1 fully saturated rings. The summed E-state index contributed by atoms with van der Waals surface area (Å²) in [5, 5.41) is 2.13. The lowest BCUT2D eigenvalue weighted by atomic mass is 9.93. The van der Waals surface area contributed by atoms with Gasteiger partial charge in [0.05, 0.1) is 11.9 Å². The van der Waals surface area contributed by atoms with Gasteiger partial charge in [-0.2, -0.15) is 0 Å². The monoisotopic (exact) mass is 334 g/mol. The van der Waals surface area contributed by atoms with Crippen LogP contribution < -0.4 is 9.46 Å². The van der Waals surface area contributed by atoms with Crippen molar-refractivity contribution in [3.05, 3.63) is 36.7 Å². The number of benzene rings is 1. The molecule has 0 spiro atoms. The Morgan fingerprint density at radius 1 is 1.22 bits per heavy atom. The predicted molar refractivity (Wildman–Crippen MR) is 91.0 cm³/mol. The molecule has 1 saturated carbocycles. The lowest BCUT2D eigenvalue weighted by Gasteiger charge is -2.29. The molecule has 5 nitrogen and oxygen atoms in total. The fraction of sp³-hybridized carbons (Fsp3) is 0.471. The van der Waals surface area contributed by atoms with Crippen molar-refractivity contribution < 1.29 is 13.2 Å². The highest BCUT2D eigenvalue weighted by Crippen LogP contribution is 2.29. The van der Waals surface area contributed by atoms with E-state index in [1.165, 1.54) is 0 Å². The summed E-state index contributed by atoms with van der Waals surface area (Å²) in [6.07, 6.45) is 7.09. The summed E-state index contributed by atoms with van der Waals surface area (Å²) in [4.78, 5) is 4.13. The van der Waals surface area contributed by atoms with E-state index in [1.807, 2.05) is 30.5 Å². The van der Waals surface area contributed by atoms with Crippen LogP contribution in [-0.2, 0) is 10.0 Å². The van der Waals surface area contributed by atoms with Crippen LogP contribution in [-0.4, -0.2) is 31.3 Å². The zero-order chi connectivity index (χ0) is 16.3. The Kier molecular flexibility index (Phi) is 4.82. The average Bonchev–Trinajstić information content (AvgIpc) is 2.57. The molecular weight excluding hydrogens is 312 g/mol. The maximum absolute atomic E-state index is 11.6. The molecule has 1 aromatic heterocycles. The number of rotatable bonds is 5. The minimum Gasteiger partial charge on any atom is -0.490 e. The van der Waals surface area contributed by atoms with Crippen molar-refractivity contribution in [1.29, 1.82) is 0 Å². The molecule has 2 aromatic rings. The van der Waals surface area contributed by atoms with Crippen molar-refractivity contribution in [2.24, 2.45) is 0 Å². The first-order chi connectivity index (χ1) is 11.1. The number of hydrogen-bond donors (Lipinski definition) is 1. The lowest BCUT2D eigenvalue weighted by molar-refractivity contribution is 0.146. The van der Waals surface area contributed by atoms with Crippen molar-refractivity contribution in [1.82, 2.24) is 9.71 Å². The van der Waals surface area contributed by atoms with Crippen LogP contribution in [0.1, 0.15) is 32.6 Å². The Hall–Kier alpha value is -1.66. The second kappa shape index (κ2) is 6.84. The largest absolute Gasteiger partial charge is 0.490 e. The zero-order valence-corrected chi connectivity index (χ0v) is 14.1. The van der Waals surface area contributed by atoms with E-state index in [1.54, 1.807) is 13.1 Å². The van der Waals surface area contributed by atoms with Gasteiger partial charge in [0.2, 0.25) is 10.0 Å². The number of aromatic nitrogens is 1. The Balaban J connectivity index is 1.62. The first kappa shape index (κ1) is 16.2. The zero-order valence-electron chi connectivity index (χ0n) is 13.2. The molecule has 6 heteroatoms. The van der Waals surface area contributed by atoms with Crippen LogP contribution >= 0.6 is 0 Å². The van der Waals surface area contributed by atoms with Crippen molar-refractivity contribution in [3.8, 4) is 5.75 Å². The number of nitrogens with one attached hydrogen (secondary N) is 1. The summed E-state index contributed by atoms with van der Waals surface area (Å²) in [5.74, 6) is 1.01. The van der Waals surface area contributed by atoms with Crippen LogP contribution in [0.15, 0.2) is 36.7 Å². The molecule has 0 saturated heterocycles. The Morgan fingerprint density at radius 3 is 2.74 bits per heavy atom. The smallest absolute Gasteiger partial charge is 0.211 e. The van der Waals surface area contributed by atoms with Crippen LogP contribution in [0, 0.1) is 0 Å². The first-order valence-electron chi connectivity index (χ1n) is 8.07. The first-order valence-corrected chi connectivity index (χ1v) is 9.72. The van der Waals surface area contributed by atoms with Gasteiger partial charge >= 0.3 is 0 Å². The SMILES string of the molecule is CCS(=O)(=O)NC1CCC(Oc2cccc3cnccc23)CC1. The molecule has 1 aliphatic rings. The fourth-order valence-electron chi connectivity index (χ4n) is 3.01. The van der Waals surface area contributed by atoms with Gasteiger partial charge in [-0.3, -0.25) is 4.98 Å². The van der Waals surface area contributed by atoms with E-state index < -0.39 is 10.0 Å². The Bertz CT molecular complexity index is 763. The van der Waals surface area contributed by atoms with Gasteiger partial charge < -0.3 is 4.74 Å². The van der Waals surface area contributed by atoms with Gasteiger partial charge in [-0.25, -0.2) is 13.1 Å². The fourth-order valence-corrected chi connectivity index (χ4v) is 3.92. The molecule has 0 unspecified atom stereocenters. The maximum Gasteiger partial charge on any atom is 0.211 e. The van der Waals surface area contributed by atoms with Gasteiger partial charge in [-0.15, -0.1) is 0 Å². The normalized spacial score (nSPS) is 22.1. The standard InChI is InChI=1S/C17H22N2O3S/c1-2-23(20,21)19-14-6-8-15(9-7-14)22-17-5-3-4-13-12-18-11-10-16(13)17/h3-5,10-12,14-15,19H,2,6-9H2,1H3. The number of pyridine rings is 1. The highest BCUT2D eigenvalue weighted by atomic mass is 32.2. The minimum atomic E-state index is -3.12. The van der Waals surface area contributed by atoms with E-state index in [9.17, 15) is 8.42 Å². The molecular formula is C17H22N2O3S. The molecule has 0 aliphatic heterocycles. The number of sulfonamides is 1. The highest BCUT2D eigenvalue weighted by Gasteiger charge is 2.25. The molecule has 124 valence electrons. The van der Waals surface area contributed by atoms with Crippen LogP contribution in [0.25, 0.3) is 10.8 Å². The number of nitrogens with zero attached hydrogens (tertiary/aromatic N) is 1. The summed E-state index contributed by atoms with van der Waals surface area (Å²) < 4.78 is 32.2. The molecule has 0 bridgehead atoms. The molecule has 1 N–H and O–H groups in total. The van der Waals surface area contributed by atoms with E-state index >= 15 is 0 Å². The number of hydrogen-bond acceptors (Lipinski definition) is 4. The Labute approximate surface area is 137 Å². The van der Waals surface area contributed by atoms with E-state index in [2.05, 4.69) is 9.71 Å². The molecule has 0 atom stereocenters. The average molecular weight is 334 g/mol. The van der Waals surface area contributed by atoms with Crippen LogP contribution in [0.3, 0.4) is 0 Å². The summed E-state index contributed by atoms with van der Waals surface area (Å²) in [6.45, 7) is 1.66. The summed E-state index contributed by atoms with van der Waals surface area (Å²) in [5.41, 5.74) is 0. The third kappa shape index (κ3) is 4.00. The van der Waals surface area contributed by atoms with Gasteiger partial charge in [0.1, 0.15) is 5.75 Å². The molecule has 1 heterocycles. The van der Waals surface area contributed by atoms with Crippen molar-refractivity contribution in [2.75, 3.05) is 5.75 Å². The molecule has 1 aliphatic carbocycles. The van der Waals surface area contributed by atoms with Gasteiger partial charge in [0.25, 0.3) is 0 Å². The van der Waals surface area contributed by atoms with E-state index in [0.717, 1.165) is 42.2 Å². The topological polar surface area (TPSA) is 68.3 Å². The maximum atomic E-state index is 11.6. The van der Waals surface area contributed by atoms with Crippen LogP contribution in [0.4, 0.5) is 0 Å². The van der Waals surface area contributed by atoms with Crippen molar-refractivity contribution in [2.45, 2.75) is 44.8 Å². The van der Waals surface area contributed by atoms with Gasteiger partial charge in [0, 0.05) is 29.2 Å². The van der Waals surface area contributed by atoms with Crippen molar-refractivity contribution >= 4 is 20.8 Å². The quantitative estimate of drug-likeness (QED) is 0.913. The molecule has 0 amide bonds. The van der Waals surface area contributed by atoms with Gasteiger partial charge in [-0.05, 0) is 44.7 Å². The number of fused-ring (bicyclic) bond motifs is 1. The van der Waals surface area contributed by atoms with Crippen LogP contribution in [0.2, 0.25) is 0 Å². The van der Waals surface area contributed by atoms with E-state index in [4.69, 9.17) is 4.74 Å². The number of ether oxygens (including phenoxy) is 1. The molecule has 1 aromatic carbocycles. The minimum absolute atomic E-state index is 0.0384. The van der Waals surface area contributed by atoms with Crippen LogP contribution in [0.5, 0.6) is 5.75 Å². The third-order valence-corrected chi connectivity index (χ3v) is 5.79. The predicted octanol–water partition coefficient (Wildman–Crippen LogP) is 2.86. The van der Waals surface area contributed by atoms with Gasteiger partial charge in [0.15, 0.2) is 0 Å². The van der Waals surface area contributed by atoms with Crippen molar-refractivity contribution in [3.63, 3.8) is 0 Å². The lowest BCUT2D eigenvalue weighted by Crippen LogP contribution is -2.40. The Morgan fingerprint density at radius 2 is 2.00 bits per heavy atom. The molecule has 23 heavy (non-hydrogen) atoms. The second-order valence-electron chi connectivity index (χ2n) is 5.97. The summed E-state index contributed by atoms with van der Waals surface area (Å²) in [6, 6.07) is 7.97. The summed E-state index contributed by atoms with van der Waals surface area (Å²) >= 11 is 0. The highest BCUT2D eigenvalue weighted by molar-refractivity contribution is 7.89. The van der Waals surface area contributed by atoms with E-state index in [-0.39, 0.29) is 17.9 Å².